The number of imide groups is 2. The monoisotopic (exact) mass is 336 g/mol. The molecule has 2 aliphatic heterocycles. The normalized spacial score (nSPS) is 19.4. The Balaban J connectivity index is 1.89. The first-order valence-corrected chi connectivity index (χ1v) is 8.20. The Hall–Kier alpha value is -2.22. The molecule has 2 rings (SSSR count). The van der Waals surface area contributed by atoms with Crippen LogP contribution in [-0.2, 0) is 14.4 Å². The Morgan fingerprint density at radius 1 is 1.21 bits per heavy atom. The van der Waals surface area contributed by atoms with Crippen molar-refractivity contribution in [2.45, 2.75) is 19.3 Å². The van der Waals surface area contributed by atoms with E-state index >= 15 is 0 Å². The zero-order valence-electron chi connectivity index (χ0n) is 14.0. The van der Waals surface area contributed by atoms with E-state index in [0.717, 1.165) is 35.6 Å². The molecule has 0 aromatic rings. The third-order valence-electron chi connectivity index (χ3n) is 4.51. The second-order valence-electron chi connectivity index (χ2n) is 6.09. The molecule has 0 spiro atoms. The van der Waals surface area contributed by atoms with E-state index < -0.39 is 17.8 Å². The second-order valence-corrected chi connectivity index (χ2v) is 6.09. The number of nitrogens with one attached hydrogen (secondary N) is 1. The zero-order valence-corrected chi connectivity index (χ0v) is 14.0. The number of carbonyl (C=O) groups excluding carboxylic acids is 4. The molecule has 0 aliphatic carbocycles. The molecular weight excluding hydrogens is 312 g/mol. The maximum Gasteiger partial charge on any atom is 0.335 e. The van der Waals surface area contributed by atoms with Crippen LogP contribution >= 0.6 is 0 Å². The Morgan fingerprint density at radius 3 is 2.42 bits per heavy atom. The summed E-state index contributed by atoms with van der Waals surface area (Å²) in [5.41, 5.74) is 0. The predicted molar refractivity (Wildman–Crippen MR) is 86.9 cm³/mol. The van der Waals surface area contributed by atoms with E-state index in [9.17, 15) is 19.2 Å². The number of carbonyl (C=O) groups is 4. The van der Waals surface area contributed by atoms with Crippen LogP contribution in [0.5, 0.6) is 0 Å². The summed E-state index contributed by atoms with van der Waals surface area (Å²) >= 11 is 0. The van der Waals surface area contributed by atoms with Gasteiger partial charge in [-0.3, -0.25) is 19.3 Å². The van der Waals surface area contributed by atoms with Crippen LogP contribution in [0.15, 0.2) is 12.7 Å². The minimum absolute atomic E-state index is 0.0368. The Kier molecular flexibility index (Phi) is 6.08. The first kappa shape index (κ1) is 18.1. The minimum Gasteiger partial charge on any atom is -0.341 e. The van der Waals surface area contributed by atoms with Crippen molar-refractivity contribution in [2.24, 2.45) is 5.92 Å². The maximum atomic E-state index is 12.4. The van der Waals surface area contributed by atoms with Gasteiger partial charge in [0.15, 0.2) is 0 Å². The number of amides is 5. The van der Waals surface area contributed by atoms with Gasteiger partial charge in [-0.25, -0.2) is 9.69 Å². The first-order valence-electron chi connectivity index (χ1n) is 8.20. The fraction of sp³-hybridized carbons (Fsp3) is 0.625. The predicted octanol–water partition coefficient (Wildman–Crippen LogP) is -0.189. The van der Waals surface area contributed by atoms with E-state index in [1.807, 2.05) is 7.05 Å². The van der Waals surface area contributed by atoms with Gasteiger partial charge in [-0.15, -0.1) is 6.58 Å². The molecule has 1 N–H and O–H groups in total. The molecule has 0 atom stereocenters. The quantitative estimate of drug-likeness (QED) is 0.395. The lowest BCUT2D eigenvalue weighted by atomic mass is 9.93. The molecule has 0 aromatic heterocycles. The summed E-state index contributed by atoms with van der Waals surface area (Å²) in [5, 5.41) is 3.12. The fourth-order valence-electron chi connectivity index (χ4n) is 3.03. The van der Waals surface area contributed by atoms with Gasteiger partial charge in [-0.05, 0) is 38.8 Å². The van der Waals surface area contributed by atoms with E-state index in [1.54, 1.807) is 4.90 Å². The van der Waals surface area contributed by atoms with Gasteiger partial charge < -0.3 is 10.2 Å². The van der Waals surface area contributed by atoms with Gasteiger partial charge in [0, 0.05) is 19.6 Å². The summed E-state index contributed by atoms with van der Waals surface area (Å²) < 4.78 is 0. The number of hydrogen-bond donors (Lipinski definition) is 1. The summed E-state index contributed by atoms with van der Waals surface area (Å²) in [4.78, 5) is 51.3. The maximum absolute atomic E-state index is 12.4. The van der Waals surface area contributed by atoms with Gasteiger partial charge in [0.25, 0.3) is 0 Å². The number of nitrogens with zero attached hydrogens (tertiary/aromatic N) is 3. The lowest BCUT2D eigenvalue weighted by Gasteiger charge is -2.32. The molecule has 0 unspecified atom stereocenters. The molecule has 2 saturated heterocycles. The number of piperidine rings is 1. The molecule has 8 nitrogen and oxygen atoms in total. The standard InChI is InChI=1S/C16H24N4O4/c1-3-8-19-14(22)15(23)20(16(19)24)11-13(21)18-9-5-12(6-10-18)4-7-17-2/h3,12,17H,1,4-11H2,2H3. The summed E-state index contributed by atoms with van der Waals surface area (Å²) in [7, 11) is 1.92. The van der Waals surface area contributed by atoms with Gasteiger partial charge in [0.1, 0.15) is 6.54 Å². The molecule has 2 heterocycles. The van der Waals surface area contributed by atoms with Gasteiger partial charge >= 0.3 is 17.8 Å². The van der Waals surface area contributed by atoms with Crippen LogP contribution in [0.25, 0.3) is 0 Å². The van der Waals surface area contributed by atoms with E-state index in [1.165, 1.54) is 6.08 Å². The van der Waals surface area contributed by atoms with Crippen LogP contribution in [0.4, 0.5) is 4.79 Å². The number of rotatable bonds is 7. The molecule has 0 bridgehead atoms. The molecular formula is C16H24N4O4. The van der Waals surface area contributed by atoms with E-state index in [4.69, 9.17) is 0 Å². The smallest absolute Gasteiger partial charge is 0.335 e. The fourth-order valence-corrected chi connectivity index (χ4v) is 3.03. The van der Waals surface area contributed by atoms with E-state index in [0.29, 0.717) is 19.0 Å². The topological polar surface area (TPSA) is 90.0 Å². The second kappa shape index (κ2) is 8.05. The molecule has 0 radical (unpaired) electrons. The van der Waals surface area contributed by atoms with Crippen molar-refractivity contribution in [2.75, 3.05) is 39.8 Å². The van der Waals surface area contributed by atoms with E-state index in [-0.39, 0.29) is 19.0 Å². The summed E-state index contributed by atoms with van der Waals surface area (Å²) in [6.45, 7) is 5.23. The summed E-state index contributed by atoms with van der Waals surface area (Å²) in [5.74, 6) is -1.56. The van der Waals surface area contributed by atoms with Gasteiger partial charge in [-0.1, -0.05) is 6.08 Å². The SMILES string of the molecule is C=CCN1C(=O)C(=O)N(CC(=O)N2CCC(CCNC)CC2)C1=O. The highest BCUT2D eigenvalue weighted by Gasteiger charge is 2.45. The largest absolute Gasteiger partial charge is 0.341 e. The molecule has 0 aromatic carbocycles. The van der Waals surface area contributed by atoms with Crippen LogP contribution < -0.4 is 5.32 Å². The highest BCUT2D eigenvalue weighted by molar-refractivity contribution is 6.45. The molecule has 2 aliphatic rings. The van der Waals surface area contributed by atoms with Gasteiger partial charge in [-0.2, -0.15) is 0 Å². The van der Waals surface area contributed by atoms with Crippen molar-refractivity contribution < 1.29 is 19.2 Å². The van der Waals surface area contributed by atoms with Crippen molar-refractivity contribution >= 4 is 23.8 Å². The van der Waals surface area contributed by atoms with Crippen molar-refractivity contribution in [1.29, 1.82) is 0 Å². The Labute approximate surface area is 141 Å². The minimum atomic E-state index is -0.945. The Bertz CT molecular complexity index is 540. The van der Waals surface area contributed by atoms with Crippen molar-refractivity contribution in [3.63, 3.8) is 0 Å². The van der Waals surface area contributed by atoms with Crippen LogP contribution in [0.1, 0.15) is 19.3 Å². The third kappa shape index (κ3) is 3.81. The van der Waals surface area contributed by atoms with Crippen molar-refractivity contribution in [1.82, 2.24) is 20.0 Å². The van der Waals surface area contributed by atoms with Crippen molar-refractivity contribution in [3.8, 4) is 0 Å². The van der Waals surface area contributed by atoms with Gasteiger partial charge in [0.05, 0.1) is 0 Å². The average Bonchev–Trinajstić information content (AvgIpc) is 2.78. The molecule has 0 saturated carbocycles. The van der Waals surface area contributed by atoms with Crippen molar-refractivity contribution in [3.05, 3.63) is 12.7 Å². The number of urea groups is 1. The summed E-state index contributed by atoms with van der Waals surface area (Å²) in [6.07, 6.45) is 4.27. The molecule has 24 heavy (non-hydrogen) atoms. The molecule has 8 heteroatoms. The number of likely N-dealkylation sites (tertiary alicyclic amines) is 1. The van der Waals surface area contributed by atoms with Crippen LogP contribution in [0.2, 0.25) is 0 Å². The van der Waals surface area contributed by atoms with Crippen LogP contribution in [0, 0.1) is 5.92 Å². The lowest BCUT2D eigenvalue weighted by molar-refractivity contribution is -0.145. The lowest BCUT2D eigenvalue weighted by Crippen LogP contribution is -2.46. The van der Waals surface area contributed by atoms with E-state index in [2.05, 4.69) is 11.9 Å². The first-order chi connectivity index (χ1) is 11.5. The molecule has 132 valence electrons. The van der Waals surface area contributed by atoms with Gasteiger partial charge in [0.2, 0.25) is 5.91 Å². The van der Waals surface area contributed by atoms with Crippen LogP contribution in [-0.4, -0.2) is 78.2 Å². The molecule has 2 fully saturated rings. The highest BCUT2D eigenvalue weighted by Crippen LogP contribution is 2.20. The highest BCUT2D eigenvalue weighted by atomic mass is 16.2. The van der Waals surface area contributed by atoms with Crippen LogP contribution in [0.3, 0.4) is 0 Å². The average molecular weight is 336 g/mol. The Morgan fingerprint density at radius 2 is 1.83 bits per heavy atom. The zero-order chi connectivity index (χ0) is 17.7. The summed E-state index contributed by atoms with van der Waals surface area (Å²) in [6, 6.07) is -0.748. The molecule has 5 amide bonds. The third-order valence-corrected chi connectivity index (χ3v) is 4.51. The number of hydrogen-bond acceptors (Lipinski definition) is 5.